The van der Waals surface area contributed by atoms with Gasteiger partial charge in [-0.05, 0) is 36.2 Å². The van der Waals surface area contributed by atoms with Crippen molar-refractivity contribution in [1.29, 1.82) is 0 Å². The van der Waals surface area contributed by atoms with Gasteiger partial charge in [-0.15, -0.1) is 0 Å². The molecule has 1 aliphatic heterocycles. The molecule has 0 fully saturated rings. The van der Waals surface area contributed by atoms with Crippen molar-refractivity contribution in [3.05, 3.63) is 42.0 Å². The molecular weight excluding hydrogens is 296 g/mol. The maximum absolute atomic E-state index is 12.1. The number of nitrogens with one attached hydrogen (secondary N) is 1. The highest BCUT2D eigenvalue weighted by molar-refractivity contribution is 5.91. The van der Waals surface area contributed by atoms with Crippen LogP contribution in [0.1, 0.15) is 12.0 Å². The SMILES string of the molecule is COc1ccc(CCC(=O)Nc2ccc3c(c2)OCO3)cc1N. The number of hydrogen-bond acceptors (Lipinski definition) is 5. The summed E-state index contributed by atoms with van der Waals surface area (Å²) in [6.07, 6.45) is 0.963. The average molecular weight is 314 g/mol. The van der Waals surface area contributed by atoms with Crippen molar-refractivity contribution in [3.63, 3.8) is 0 Å². The number of rotatable bonds is 5. The summed E-state index contributed by atoms with van der Waals surface area (Å²) in [5, 5.41) is 2.85. The van der Waals surface area contributed by atoms with E-state index in [2.05, 4.69) is 5.32 Å². The number of fused-ring (bicyclic) bond motifs is 1. The molecule has 0 radical (unpaired) electrons. The Hall–Kier alpha value is -2.89. The maximum Gasteiger partial charge on any atom is 0.231 e. The van der Waals surface area contributed by atoms with Gasteiger partial charge in [0.2, 0.25) is 12.7 Å². The number of nitrogen functional groups attached to an aromatic ring is 1. The molecule has 120 valence electrons. The monoisotopic (exact) mass is 314 g/mol. The molecule has 0 unspecified atom stereocenters. The molecule has 2 aromatic rings. The highest BCUT2D eigenvalue weighted by Gasteiger charge is 2.14. The highest BCUT2D eigenvalue weighted by atomic mass is 16.7. The molecule has 6 nitrogen and oxygen atoms in total. The summed E-state index contributed by atoms with van der Waals surface area (Å²) in [4.78, 5) is 12.1. The van der Waals surface area contributed by atoms with E-state index in [1.807, 2.05) is 12.1 Å². The predicted molar refractivity (Wildman–Crippen MR) is 86.9 cm³/mol. The van der Waals surface area contributed by atoms with E-state index >= 15 is 0 Å². The van der Waals surface area contributed by atoms with Crippen molar-refractivity contribution in [3.8, 4) is 17.2 Å². The zero-order chi connectivity index (χ0) is 16.2. The standard InChI is InChI=1S/C17H18N2O4/c1-21-14-5-2-11(8-13(14)18)3-7-17(20)19-12-4-6-15-16(9-12)23-10-22-15/h2,4-6,8-9H,3,7,10,18H2,1H3,(H,19,20). The highest BCUT2D eigenvalue weighted by Crippen LogP contribution is 2.34. The summed E-state index contributed by atoms with van der Waals surface area (Å²) in [5.74, 6) is 1.90. The first-order valence-electron chi connectivity index (χ1n) is 7.27. The summed E-state index contributed by atoms with van der Waals surface area (Å²) in [7, 11) is 1.57. The zero-order valence-electron chi connectivity index (χ0n) is 12.8. The normalized spacial score (nSPS) is 12.0. The molecule has 0 saturated heterocycles. The van der Waals surface area contributed by atoms with E-state index in [1.165, 1.54) is 0 Å². The van der Waals surface area contributed by atoms with Crippen molar-refractivity contribution in [2.24, 2.45) is 0 Å². The number of aryl methyl sites for hydroxylation is 1. The first kappa shape index (κ1) is 15.0. The Morgan fingerprint density at radius 2 is 2.04 bits per heavy atom. The second-order valence-corrected chi connectivity index (χ2v) is 5.19. The van der Waals surface area contributed by atoms with E-state index in [0.29, 0.717) is 41.5 Å². The summed E-state index contributed by atoms with van der Waals surface area (Å²) >= 11 is 0. The van der Waals surface area contributed by atoms with E-state index in [-0.39, 0.29) is 12.7 Å². The second-order valence-electron chi connectivity index (χ2n) is 5.19. The number of nitrogens with two attached hydrogens (primary N) is 1. The lowest BCUT2D eigenvalue weighted by atomic mass is 10.1. The van der Waals surface area contributed by atoms with E-state index in [0.717, 1.165) is 5.56 Å². The number of anilines is 2. The maximum atomic E-state index is 12.1. The third-order valence-corrected chi connectivity index (χ3v) is 3.59. The molecule has 6 heteroatoms. The molecule has 1 amide bonds. The zero-order valence-corrected chi connectivity index (χ0v) is 12.8. The lowest BCUT2D eigenvalue weighted by Crippen LogP contribution is -2.12. The quantitative estimate of drug-likeness (QED) is 0.829. The summed E-state index contributed by atoms with van der Waals surface area (Å²) in [6.45, 7) is 0.214. The van der Waals surface area contributed by atoms with Crippen molar-refractivity contribution in [1.82, 2.24) is 0 Å². The van der Waals surface area contributed by atoms with Crippen LogP contribution in [0, 0.1) is 0 Å². The molecular formula is C17H18N2O4. The molecule has 0 bridgehead atoms. The van der Waals surface area contributed by atoms with Crippen LogP contribution >= 0.6 is 0 Å². The van der Waals surface area contributed by atoms with Crippen LogP contribution < -0.4 is 25.3 Å². The van der Waals surface area contributed by atoms with Gasteiger partial charge < -0.3 is 25.3 Å². The number of ether oxygens (including phenoxy) is 3. The topological polar surface area (TPSA) is 82.8 Å². The molecule has 1 heterocycles. The van der Waals surface area contributed by atoms with Gasteiger partial charge in [0.1, 0.15) is 5.75 Å². The number of carbonyl (C=O) groups is 1. The van der Waals surface area contributed by atoms with Gasteiger partial charge in [-0.3, -0.25) is 4.79 Å². The molecule has 3 N–H and O–H groups in total. The van der Waals surface area contributed by atoms with E-state index in [1.54, 1.807) is 31.4 Å². The number of methoxy groups -OCH3 is 1. The fourth-order valence-electron chi connectivity index (χ4n) is 2.39. The molecule has 0 saturated carbocycles. The number of carbonyl (C=O) groups excluding carboxylic acids is 1. The number of benzene rings is 2. The van der Waals surface area contributed by atoms with Crippen molar-refractivity contribution < 1.29 is 19.0 Å². The largest absolute Gasteiger partial charge is 0.495 e. The molecule has 2 aromatic carbocycles. The van der Waals surface area contributed by atoms with Crippen molar-refractivity contribution in [2.75, 3.05) is 25.0 Å². The van der Waals surface area contributed by atoms with Gasteiger partial charge in [0, 0.05) is 18.2 Å². The third-order valence-electron chi connectivity index (χ3n) is 3.59. The Labute approximate surface area is 134 Å². The van der Waals surface area contributed by atoms with Gasteiger partial charge in [-0.2, -0.15) is 0 Å². The van der Waals surface area contributed by atoms with Crippen LogP contribution in [0.3, 0.4) is 0 Å². The predicted octanol–water partition coefficient (Wildman–Crippen LogP) is 2.58. The van der Waals surface area contributed by atoms with Crippen molar-refractivity contribution >= 4 is 17.3 Å². The molecule has 0 spiro atoms. The molecule has 1 aliphatic rings. The van der Waals surface area contributed by atoms with Gasteiger partial charge in [0.15, 0.2) is 11.5 Å². The average Bonchev–Trinajstić information content (AvgIpc) is 3.01. The van der Waals surface area contributed by atoms with E-state index in [9.17, 15) is 4.79 Å². The first-order valence-corrected chi connectivity index (χ1v) is 7.27. The minimum absolute atomic E-state index is 0.0711. The number of hydrogen-bond donors (Lipinski definition) is 2. The van der Waals surface area contributed by atoms with Gasteiger partial charge in [0.25, 0.3) is 0 Å². The molecule has 0 aromatic heterocycles. The van der Waals surface area contributed by atoms with Crippen LogP contribution in [0.5, 0.6) is 17.2 Å². The Balaban J connectivity index is 1.56. The molecule has 0 aliphatic carbocycles. The molecule has 0 atom stereocenters. The molecule has 3 rings (SSSR count). The number of amides is 1. The Kier molecular flexibility index (Phi) is 4.23. The van der Waals surface area contributed by atoms with Gasteiger partial charge in [-0.25, -0.2) is 0 Å². The summed E-state index contributed by atoms with van der Waals surface area (Å²) in [6, 6.07) is 10.9. The van der Waals surface area contributed by atoms with Crippen molar-refractivity contribution in [2.45, 2.75) is 12.8 Å². The first-order chi connectivity index (χ1) is 11.2. The Bertz CT molecular complexity index is 731. The van der Waals surface area contributed by atoms with Crippen LogP contribution in [-0.4, -0.2) is 19.8 Å². The van der Waals surface area contributed by atoms with Crippen LogP contribution in [0.15, 0.2) is 36.4 Å². The van der Waals surface area contributed by atoms with E-state index in [4.69, 9.17) is 19.9 Å². The smallest absolute Gasteiger partial charge is 0.231 e. The van der Waals surface area contributed by atoms with Gasteiger partial charge in [-0.1, -0.05) is 6.07 Å². The summed E-state index contributed by atoms with van der Waals surface area (Å²) < 4.78 is 15.6. The third kappa shape index (κ3) is 3.48. The van der Waals surface area contributed by atoms with Crippen LogP contribution in [0.4, 0.5) is 11.4 Å². The lowest BCUT2D eigenvalue weighted by molar-refractivity contribution is -0.116. The summed E-state index contributed by atoms with van der Waals surface area (Å²) in [5.41, 5.74) is 8.11. The minimum Gasteiger partial charge on any atom is -0.495 e. The van der Waals surface area contributed by atoms with Crippen LogP contribution in [0.2, 0.25) is 0 Å². The lowest BCUT2D eigenvalue weighted by Gasteiger charge is -2.08. The van der Waals surface area contributed by atoms with Gasteiger partial charge in [0.05, 0.1) is 12.8 Å². The second kappa shape index (κ2) is 6.48. The Morgan fingerprint density at radius 1 is 1.22 bits per heavy atom. The fraction of sp³-hybridized carbons (Fsp3) is 0.235. The van der Waals surface area contributed by atoms with Gasteiger partial charge >= 0.3 is 0 Å². The van der Waals surface area contributed by atoms with E-state index < -0.39 is 0 Å². The molecule has 23 heavy (non-hydrogen) atoms. The Morgan fingerprint density at radius 3 is 2.83 bits per heavy atom. The van der Waals surface area contributed by atoms with Crippen LogP contribution in [0.25, 0.3) is 0 Å². The minimum atomic E-state index is -0.0711. The fourth-order valence-corrected chi connectivity index (χ4v) is 2.39. The van der Waals surface area contributed by atoms with Crippen LogP contribution in [-0.2, 0) is 11.2 Å².